The summed E-state index contributed by atoms with van der Waals surface area (Å²) in [5.41, 5.74) is 0.168. The third-order valence-electron chi connectivity index (χ3n) is 11.0. The van der Waals surface area contributed by atoms with E-state index in [1.165, 1.54) is 19.0 Å². The number of nitrogens with two attached hydrogens (primary N) is 1. The van der Waals surface area contributed by atoms with Gasteiger partial charge in [0.2, 0.25) is 5.91 Å². The minimum Gasteiger partial charge on any atom is -0.507 e. The van der Waals surface area contributed by atoms with Crippen LogP contribution in [0.3, 0.4) is 0 Å². The van der Waals surface area contributed by atoms with Crippen LogP contribution in [0.15, 0.2) is 6.07 Å². The summed E-state index contributed by atoms with van der Waals surface area (Å²) in [5.74, 6) is -12.4. The normalized spacial score (nSPS) is 31.8. The lowest BCUT2D eigenvalue weighted by Gasteiger charge is -2.52. The zero-order valence-electron chi connectivity index (χ0n) is 25.9. The fraction of sp³-hybridized carbons (Fsp3) is 0.667. The van der Waals surface area contributed by atoms with Crippen molar-refractivity contribution in [3.8, 4) is 5.75 Å². The molecule has 0 aromatic heterocycles. The quantitative estimate of drug-likeness (QED) is 0.360. The molecule has 250 valence electrons. The van der Waals surface area contributed by atoms with Crippen LogP contribution in [-0.2, 0) is 38.3 Å². The average Bonchev–Trinajstić information content (AvgIpc) is 3.60. The lowest BCUT2D eigenvalue weighted by molar-refractivity contribution is -0.181. The van der Waals surface area contributed by atoms with Gasteiger partial charge in [-0.1, -0.05) is 12.8 Å². The third-order valence-corrected chi connectivity index (χ3v) is 11.0. The number of alkyl halides is 3. The van der Waals surface area contributed by atoms with Gasteiger partial charge in [-0.05, 0) is 87.6 Å². The smallest absolute Gasteiger partial charge is 0.417 e. The maximum atomic E-state index is 15.0. The molecule has 5 aliphatic carbocycles. The first kappa shape index (κ1) is 32.8. The van der Waals surface area contributed by atoms with Crippen molar-refractivity contribution in [3.63, 3.8) is 0 Å². The predicted molar refractivity (Wildman–Crippen MR) is 156 cm³/mol. The standard InChI is InChI=1S/C33H40F3N3O7/c1-38(2)26-20-10-17-9-19-23(27(41)22(17)29(43)32(20,46)30(44)24(28(26)42)31(37)45)21(40)11-18(25(19)33(34,35)36)14-39(13-16-7-8-16)12-15-5-3-4-6-15/h11,15-17,20,22,24,26,40,46H,3-10,12-14H2,1-2H3,(H2,37,45)/t17-,20-,22?,24?,26-,32-/m0/s1. The first-order valence-electron chi connectivity index (χ1n) is 16.1. The maximum Gasteiger partial charge on any atom is 0.417 e. The molecular formula is C33H40F3N3O7. The van der Waals surface area contributed by atoms with E-state index in [1.807, 2.05) is 4.90 Å². The fourth-order valence-corrected chi connectivity index (χ4v) is 8.89. The Labute approximate surface area is 264 Å². The summed E-state index contributed by atoms with van der Waals surface area (Å²) in [6, 6.07) is -0.371. The first-order chi connectivity index (χ1) is 21.5. The van der Waals surface area contributed by atoms with Gasteiger partial charge in [0, 0.05) is 25.6 Å². The highest BCUT2D eigenvalue weighted by Crippen LogP contribution is 2.53. The van der Waals surface area contributed by atoms with Crippen molar-refractivity contribution in [2.75, 3.05) is 27.2 Å². The number of benzene rings is 1. The molecule has 6 rings (SSSR count). The molecule has 0 radical (unpaired) electrons. The maximum absolute atomic E-state index is 15.0. The molecule has 1 aromatic rings. The van der Waals surface area contributed by atoms with Crippen molar-refractivity contribution < 1.29 is 47.4 Å². The summed E-state index contributed by atoms with van der Waals surface area (Å²) < 4.78 is 45.0. The molecule has 4 N–H and O–H groups in total. The second-order valence-electron chi connectivity index (χ2n) is 14.4. The highest BCUT2D eigenvalue weighted by atomic mass is 19.4. The van der Waals surface area contributed by atoms with Crippen LogP contribution in [-0.4, -0.2) is 87.9 Å². The second-order valence-corrected chi connectivity index (χ2v) is 14.4. The first-order valence-corrected chi connectivity index (χ1v) is 16.1. The number of carbonyl (C=O) groups excluding carboxylic acids is 5. The number of phenols is 1. The number of aliphatic hydroxyl groups is 1. The topological polar surface area (TPSA) is 158 Å². The monoisotopic (exact) mass is 647 g/mol. The van der Waals surface area contributed by atoms with Gasteiger partial charge in [-0.25, -0.2) is 0 Å². The largest absolute Gasteiger partial charge is 0.507 e. The van der Waals surface area contributed by atoms with Crippen LogP contribution in [0.4, 0.5) is 13.2 Å². The number of aromatic hydroxyl groups is 1. The number of ketones is 4. The molecule has 6 atom stereocenters. The number of rotatable bonds is 8. The number of hydrogen-bond donors (Lipinski definition) is 3. The number of hydrogen-bond acceptors (Lipinski definition) is 9. The Bertz CT molecular complexity index is 1500. The number of nitrogens with zero attached hydrogens (tertiary/aromatic N) is 2. The van der Waals surface area contributed by atoms with Crippen molar-refractivity contribution in [3.05, 3.63) is 28.3 Å². The van der Waals surface area contributed by atoms with Gasteiger partial charge < -0.3 is 15.9 Å². The third kappa shape index (κ3) is 5.28. The van der Waals surface area contributed by atoms with E-state index in [-0.39, 0.29) is 18.5 Å². The molecule has 0 bridgehead atoms. The highest BCUT2D eigenvalue weighted by Gasteiger charge is 2.69. The summed E-state index contributed by atoms with van der Waals surface area (Å²) in [7, 11) is 2.89. The van der Waals surface area contributed by atoms with Gasteiger partial charge in [-0.3, -0.25) is 33.8 Å². The number of halogens is 3. The van der Waals surface area contributed by atoms with Gasteiger partial charge >= 0.3 is 6.18 Å². The minimum atomic E-state index is -4.89. The van der Waals surface area contributed by atoms with Crippen molar-refractivity contribution in [1.29, 1.82) is 0 Å². The molecule has 1 amide bonds. The van der Waals surface area contributed by atoms with Crippen molar-refractivity contribution in [1.82, 2.24) is 9.80 Å². The van der Waals surface area contributed by atoms with E-state index in [1.54, 1.807) is 0 Å². The van der Waals surface area contributed by atoms with Crippen LogP contribution in [0.5, 0.6) is 5.75 Å². The molecule has 2 unspecified atom stereocenters. The van der Waals surface area contributed by atoms with Crippen molar-refractivity contribution in [2.24, 2.45) is 41.2 Å². The molecule has 13 heteroatoms. The van der Waals surface area contributed by atoms with Crippen molar-refractivity contribution >= 4 is 29.0 Å². The number of fused-ring (bicyclic) bond motifs is 3. The van der Waals surface area contributed by atoms with Crippen LogP contribution >= 0.6 is 0 Å². The van der Waals surface area contributed by atoms with Gasteiger partial charge in [0.1, 0.15) is 5.75 Å². The summed E-state index contributed by atoms with van der Waals surface area (Å²) in [5, 5.41) is 22.8. The van der Waals surface area contributed by atoms with E-state index in [0.717, 1.165) is 44.6 Å². The van der Waals surface area contributed by atoms with E-state index in [0.29, 0.717) is 24.9 Å². The van der Waals surface area contributed by atoms with E-state index in [4.69, 9.17) is 5.73 Å². The Morgan fingerprint density at radius 3 is 2.17 bits per heavy atom. The molecular weight excluding hydrogens is 607 g/mol. The van der Waals surface area contributed by atoms with Crippen molar-refractivity contribution in [2.45, 2.75) is 75.7 Å². The predicted octanol–water partition coefficient (Wildman–Crippen LogP) is 2.29. The lowest BCUT2D eigenvalue weighted by atomic mass is 9.52. The molecule has 0 aliphatic heterocycles. The van der Waals surface area contributed by atoms with E-state index >= 15 is 0 Å². The molecule has 0 spiro atoms. The molecule has 10 nitrogen and oxygen atoms in total. The van der Waals surface area contributed by atoms with Gasteiger partial charge in [0.05, 0.1) is 23.1 Å². The molecule has 5 aliphatic rings. The van der Waals surface area contributed by atoms with E-state index in [2.05, 4.69) is 0 Å². The van der Waals surface area contributed by atoms with Crippen LogP contribution in [0.2, 0.25) is 0 Å². The van der Waals surface area contributed by atoms with E-state index < -0.39 is 99.4 Å². The van der Waals surface area contributed by atoms with Gasteiger partial charge in [-0.2, -0.15) is 13.2 Å². The number of likely N-dealkylation sites (N-methyl/N-ethyl adjacent to an activating group) is 1. The molecule has 46 heavy (non-hydrogen) atoms. The Balaban J connectivity index is 1.42. The molecule has 4 saturated carbocycles. The van der Waals surface area contributed by atoms with Gasteiger partial charge in [0.15, 0.2) is 34.7 Å². The molecule has 4 fully saturated rings. The number of carbonyl (C=O) groups is 5. The number of primary amides is 1. The molecule has 0 heterocycles. The summed E-state index contributed by atoms with van der Waals surface area (Å²) in [6.07, 6.45) is 0.586. The van der Waals surface area contributed by atoms with Gasteiger partial charge in [-0.15, -0.1) is 0 Å². The Hall–Kier alpha value is -3.16. The zero-order chi connectivity index (χ0) is 33.5. The van der Waals surface area contributed by atoms with Crippen LogP contribution < -0.4 is 5.73 Å². The summed E-state index contributed by atoms with van der Waals surface area (Å²) in [4.78, 5) is 70.1. The minimum absolute atomic E-state index is 0.0630. The van der Waals surface area contributed by atoms with Gasteiger partial charge in [0.25, 0.3) is 0 Å². The molecule has 1 aromatic carbocycles. The Morgan fingerprint density at radius 1 is 1.02 bits per heavy atom. The summed E-state index contributed by atoms with van der Waals surface area (Å²) in [6.45, 7) is 1.22. The summed E-state index contributed by atoms with van der Waals surface area (Å²) >= 11 is 0. The van der Waals surface area contributed by atoms with Crippen LogP contribution in [0, 0.1) is 35.5 Å². The Kier molecular flexibility index (Phi) is 8.20. The van der Waals surface area contributed by atoms with E-state index in [9.17, 15) is 47.4 Å². The van der Waals surface area contributed by atoms with Crippen LogP contribution in [0.1, 0.15) is 72.0 Å². The fourth-order valence-electron chi connectivity index (χ4n) is 8.89. The number of Topliss-reactive ketones (excluding diaryl/α,β-unsaturated/α-hetero) is 4. The second kappa shape index (κ2) is 11.5. The SMILES string of the molecule is CN(C)[C@@H]1C(=O)C(C(N)=O)C(=O)[C@@]2(O)C(=O)C3C(=O)c4c(O)cc(CN(CC5CCCC5)CC5CC5)c(C(F)(F)F)c4C[C@H]3C[C@@H]12. The zero-order valence-corrected chi connectivity index (χ0v) is 25.9. The van der Waals surface area contributed by atoms with Crippen LogP contribution in [0.25, 0.3) is 0 Å². The molecule has 0 saturated heterocycles. The lowest BCUT2D eigenvalue weighted by Crippen LogP contribution is -2.74. The average molecular weight is 648 g/mol. The highest BCUT2D eigenvalue weighted by molar-refractivity contribution is 6.32. The number of amides is 1. The number of phenolic OH excluding ortho intramolecular Hbond substituents is 1. The Morgan fingerprint density at radius 2 is 1.63 bits per heavy atom.